The predicted molar refractivity (Wildman–Crippen MR) is 79.5 cm³/mol. The lowest BCUT2D eigenvalue weighted by molar-refractivity contribution is 0.684. The second-order valence-electron chi connectivity index (χ2n) is 4.89. The summed E-state index contributed by atoms with van der Waals surface area (Å²) in [5.74, 6) is 0.911. The highest BCUT2D eigenvalue weighted by Gasteiger charge is 2.03. The van der Waals surface area contributed by atoms with Gasteiger partial charge in [0.05, 0.1) is 6.54 Å². The Bertz CT molecular complexity index is 574. The highest BCUT2D eigenvalue weighted by molar-refractivity contribution is 5.80. The molecule has 5 nitrogen and oxygen atoms in total. The molecule has 2 N–H and O–H groups in total. The first kappa shape index (κ1) is 12.7. The molecule has 0 saturated carbocycles. The van der Waals surface area contributed by atoms with Gasteiger partial charge in [-0.1, -0.05) is 24.3 Å². The first-order chi connectivity index (χ1) is 9.90. The van der Waals surface area contributed by atoms with Gasteiger partial charge in [0.1, 0.15) is 0 Å². The third-order valence-electron chi connectivity index (χ3n) is 3.25. The first-order valence-corrected chi connectivity index (χ1v) is 6.97. The molecule has 20 heavy (non-hydrogen) atoms. The van der Waals surface area contributed by atoms with Crippen LogP contribution in [0.25, 0.3) is 0 Å². The average Bonchev–Trinajstić information content (AvgIpc) is 3.00. The van der Waals surface area contributed by atoms with E-state index in [-0.39, 0.29) is 0 Å². The molecule has 1 aromatic heterocycles. The SMILES string of the molecule is c1cc(CNC2=NCCCN2)cc(Cn2cccn2)c1. The van der Waals surface area contributed by atoms with Crippen molar-refractivity contribution in [2.45, 2.75) is 19.5 Å². The van der Waals surface area contributed by atoms with Crippen LogP contribution in [0.15, 0.2) is 47.7 Å². The molecule has 0 amide bonds. The van der Waals surface area contributed by atoms with Gasteiger partial charge in [-0.25, -0.2) is 0 Å². The second kappa shape index (κ2) is 6.23. The molecule has 2 heterocycles. The summed E-state index contributed by atoms with van der Waals surface area (Å²) in [6, 6.07) is 10.5. The molecular weight excluding hydrogens is 250 g/mol. The molecule has 104 valence electrons. The summed E-state index contributed by atoms with van der Waals surface area (Å²) in [6.07, 6.45) is 4.90. The molecule has 1 aromatic carbocycles. The summed E-state index contributed by atoms with van der Waals surface area (Å²) < 4.78 is 1.93. The minimum atomic E-state index is 0.790. The van der Waals surface area contributed by atoms with E-state index in [0.29, 0.717) is 0 Å². The standard InChI is InChI=1S/C15H19N5/c1-4-13(11-18-15-16-6-2-7-17-15)10-14(5-1)12-20-9-3-8-19-20/h1,3-5,8-10H,2,6-7,11-12H2,(H2,16,17,18). The predicted octanol–water partition coefficient (Wildman–Crippen LogP) is 1.37. The number of hydrogen-bond acceptors (Lipinski definition) is 4. The molecule has 0 radical (unpaired) electrons. The van der Waals surface area contributed by atoms with Gasteiger partial charge in [0.2, 0.25) is 0 Å². The van der Waals surface area contributed by atoms with E-state index in [9.17, 15) is 0 Å². The van der Waals surface area contributed by atoms with Crippen molar-refractivity contribution in [3.8, 4) is 0 Å². The summed E-state index contributed by atoms with van der Waals surface area (Å²) in [6.45, 7) is 3.51. The van der Waals surface area contributed by atoms with Crippen LogP contribution in [0.4, 0.5) is 0 Å². The normalized spacial score (nSPS) is 14.5. The molecule has 0 atom stereocenters. The van der Waals surface area contributed by atoms with Gasteiger partial charge in [0, 0.05) is 32.0 Å². The third kappa shape index (κ3) is 3.38. The summed E-state index contributed by atoms with van der Waals surface area (Å²) in [4.78, 5) is 4.41. The monoisotopic (exact) mass is 269 g/mol. The van der Waals surface area contributed by atoms with E-state index < -0.39 is 0 Å². The van der Waals surface area contributed by atoms with Gasteiger partial charge in [-0.15, -0.1) is 0 Å². The Morgan fingerprint density at radius 3 is 3.00 bits per heavy atom. The molecular formula is C15H19N5. The van der Waals surface area contributed by atoms with E-state index >= 15 is 0 Å². The Kier molecular flexibility index (Phi) is 3.96. The number of benzene rings is 1. The smallest absolute Gasteiger partial charge is 0.191 e. The van der Waals surface area contributed by atoms with Crippen LogP contribution in [-0.2, 0) is 13.1 Å². The van der Waals surface area contributed by atoms with Crippen LogP contribution in [0.1, 0.15) is 17.5 Å². The lowest BCUT2D eigenvalue weighted by Gasteiger charge is -2.16. The van der Waals surface area contributed by atoms with Crippen molar-refractivity contribution in [1.82, 2.24) is 20.4 Å². The topological polar surface area (TPSA) is 54.2 Å². The summed E-state index contributed by atoms with van der Waals surface area (Å²) in [7, 11) is 0. The van der Waals surface area contributed by atoms with Gasteiger partial charge in [-0.2, -0.15) is 5.10 Å². The molecule has 0 bridgehead atoms. The van der Waals surface area contributed by atoms with Crippen LogP contribution < -0.4 is 10.6 Å². The summed E-state index contributed by atoms with van der Waals surface area (Å²) >= 11 is 0. The van der Waals surface area contributed by atoms with Crippen LogP contribution in [-0.4, -0.2) is 28.8 Å². The largest absolute Gasteiger partial charge is 0.356 e. The van der Waals surface area contributed by atoms with Gasteiger partial charge in [0.15, 0.2) is 5.96 Å². The zero-order valence-corrected chi connectivity index (χ0v) is 11.4. The van der Waals surface area contributed by atoms with Gasteiger partial charge in [-0.05, 0) is 23.6 Å². The van der Waals surface area contributed by atoms with E-state index in [2.05, 4.69) is 45.0 Å². The maximum atomic E-state index is 4.41. The van der Waals surface area contributed by atoms with Crippen molar-refractivity contribution in [1.29, 1.82) is 0 Å². The Morgan fingerprint density at radius 1 is 1.25 bits per heavy atom. The van der Waals surface area contributed by atoms with Crippen LogP contribution in [0.5, 0.6) is 0 Å². The fraction of sp³-hybridized carbons (Fsp3) is 0.333. The van der Waals surface area contributed by atoms with E-state index in [0.717, 1.165) is 38.6 Å². The van der Waals surface area contributed by atoms with Gasteiger partial charge in [-0.3, -0.25) is 9.67 Å². The molecule has 0 unspecified atom stereocenters. The van der Waals surface area contributed by atoms with Crippen LogP contribution >= 0.6 is 0 Å². The van der Waals surface area contributed by atoms with Crippen molar-refractivity contribution < 1.29 is 0 Å². The molecule has 1 aliphatic heterocycles. The number of aromatic nitrogens is 2. The van der Waals surface area contributed by atoms with Crippen molar-refractivity contribution in [2.24, 2.45) is 4.99 Å². The summed E-state index contributed by atoms with van der Waals surface area (Å²) in [5.41, 5.74) is 2.51. The third-order valence-corrected chi connectivity index (χ3v) is 3.25. The van der Waals surface area contributed by atoms with Crippen LogP contribution in [0.3, 0.4) is 0 Å². The Balaban J connectivity index is 1.60. The maximum Gasteiger partial charge on any atom is 0.191 e. The van der Waals surface area contributed by atoms with Gasteiger partial charge < -0.3 is 10.6 Å². The second-order valence-corrected chi connectivity index (χ2v) is 4.89. The van der Waals surface area contributed by atoms with Crippen molar-refractivity contribution in [3.63, 3.8) is 0 Å². The quantitative estimate of drug-likeness (QED) is 0.881. The van der Waals surface area contributed by atoms with Gasteiger partial charge >= 0.3 is 0 Å². The lowest BCUT2D eigenvalue weighted by Crippen LogP contribution is -2.40. The fourth-order valence-corrected chi connectivity index (χ4v) is 2.26. The van der Waals surface area contributed by atoms with Crippen LogP contribution in [0.2, 0.25) is 0 Å². The number of nitrogens with one attached hydrogen (secondary N) is 2. The van der Waals surface area contributed by atoms with E-state index in [1.165, 1.54) is 11.1 Å². The Hall–Kier alpha value is -2.30. The molecule has 5 heteroatoms. The number of aliphatic imine (C=N–C) groups is 1. The number of rotatable bonds is 4. The molecule has 0 aliphatic carbocycles. The maximum absolute atomic E-state index is 4.41. The average molecular weight is 269 g/mol. The molecule has 0 saturated heterocycles. The number of guanidine groups is 1. The molecule has 2 aromatic rings. The Labute approximate surface area is 118 Å². The fourth-order valence-electron chi connectivity index (χ4n) is 2.26. The van der Waals surface area contributed by atoms with E-state index in [1.54, 1.807) is 6.20 Å². The van der Waals surface area contributed by atoms with Crippen molar-refractivity contribution in [3.05, 3.63) is 53.9 Å². The van der Waals surface area contributed by atoms with Crippen molar-refractivity contribution in [2.75, 3.05) is 13.1 Å². The minimum absolute atomic E-state index is 0.790. The first-order valence-electron chi connectivity index (χ1n) is 6.97. The van der Waals surface area contributed by atoms with Gasteiger partial charge in [0.25, 0.3) is 0 Å². The zero-order chi connectivity index (χ0) is 13.6. The van der Waals surface area contributed by atoms with E-state index in [4.69, 9.17) is 0 Å². The van der Waals surface area contributed by atoms with E-state index in [1.807, 2.05) is 16.9 Å². The lowest BCUT2D eigenvalue weighted by atomic mass is 10.1. The number of hydrogen-bond donors (Lipinski definition) is 2. The zero-order valence-electron chi connectivity index (χ0n) is 11.4. The van der Waals surface area contributed by atoms with Crippen LogP contribution in [0, 0.1) is 0 Å². The number of nitrogens with zero attached hydrogens (tertiary/aromatic N) is 3. The minimum Gasteiger partial charge on any atom is -0.356 e. The highest BCUT2D eigenvalue weighted by Crippen LogP contribution is 2.07. The molecule has 1 aliphatic rings. The molecule has 0 fully saturated rings. The summed E-state index contributed by atoms with van der Waals surface area (Å²) in [5, 5.41) is 10.8. The Morgan fingerprint density at radius 2 is 2.20 bits per heavy atom. The molecule has 3 rings (SSSR count). The molecule has 0 spiro atoms. The van der Waals surface area contributed by atoms with Crippen molar-refractivity contribution >= 4 is 5.96 Å². The highest BCUT2D eigenvalue weighted by atomic mass is 15.3.